The van der Waals surface area contributed by atoms with Crippen molar-refractivity contribution in [3.63, 3.8) is 0 Å². The van der Waals surface area contributed by atoms with Crippen LogP contribution in [0.2, 0.25) is 0 Å². The fraction of sp³-hybridized carbons (Fsp3) is 0.667. The zero-order valence-corrected chi connectivity index (χ0v) is 7.29. The highest BCUT2D eigenvalue weighted by molar-refractivity contribution is 5.28. The lowest BCUT2D eigenvalue weighted by Gasteiger charge is -2.33. The van der Waals surface area contributed by atoms with Crippen LogP contribution in [0.1, 0.15) is 12.8 Å². The normalized spacial score (nSPS) is 33.5. The van der Waals surface area contributed by atoms with Gasteiger partial charge in [0.2, 0.25) is 0 Å². The van der Waals surface area contributed by atoms with Crippen LogP contribution in [0.5, 0.6) is 0 Å². The van der Waals surface area contributed by atoms with Crippen LogP contribution in [-0.4, -0.2) is 36.8 Å². The van der Waals surface area contributed by atoms with Crippen molar-refractivity contribution in [2.75, 3.05) is 13.1 Å². The van der Waals surface area contributed by atoms with Gasteiger partial charge in [0.1, 0.15) is 5.82 Å². The van der Waals surface area contributed by atoms with E-state index in [9.17, 15) is 0 Å². The van der Waals surface area contributed by atoms with Crippen LogP contribution < -0.4 is 5.32 Å². The largest absolute Gasteiger partial charge is 0.354 e. The Morgan fingerprint density at radius 2 is 1.92 bits per heavy atom. The summed E-state index contributed by atoms with van der Waals surface area (Å²) in [6, 6.07) is 1.31. The molecule has 2 aliphatic heterocycles. The topological polar surface area (TPSA) is 27.6 Å². The van der Waals surface area contributed by atoms with Crippen LogP contribution in [0.3, 0.4) is 0 Å². The van der Waals surface area contributed by atoms with Crippen LogP contribution in [0, 0.1) is 0 Å². The summed E-state index contributed by atoms with van der Waals surface area (Å²) in [5.74, 6) is 0.827. The van der Waals surface area contributed by atoms with Crippen molar-refractivity contribution in [2.24, 2.45) is 4.99 Å². The van der Waals surface area contributed by atoms with E-state index in [2.05, 4.69) is 28.5 Å². The third kappa shape index (κ3) is 1.25. The molecule has 2 fully saturated rings. The van der Waals surface area contributed by atoms with Crippen molar-refractivity contribution < 1.29 is 0 Å². The summed E-state index contributed by atoms with van der Waals surface area (Å²) in [7, 11) is 0. The molecule has 0 aromatic heterocycles. The predicted molar refractivity (Wildman–Crippen MR) is 50.2 cm³/mol. The smallest absolute Gasteiger partial charge is 0.120 e. The number of piperazine rings is 1. The zero-order chi connectivity index (χ0) is 8.55. The SMILES string of the molecule is C=NC(=C)N1CC2CCC(C1)N2. The van der Waals surface area contributed by atoms with Gasteiger partial charge in [0.15, 0.2) is 0 Å². The number of likely N-dealkylation sites (tertiary alicyclic amines) is 1. The van der Waals surface area contributed by atoms with E-state index in [1.54, 1.807) is 0 Å². The highest BCUT2D eigenvalue weighted by atomic mass is 15.3. The number of fused-ring (bicyclic) bond motifs is 2. The van der Waals surface area contributed by atoms with Gasteiger partial charge in [-0.3, -0.25) is 0 Å². The van der Waals surface area contributed by atoms with Gasteiger partial charge in [0.25, 0.3) is 0 Å². The van der Waals surface area contributed by atoms with Crippen LogP contribution >= 0.6 is 0 Å². The first-order valence-corrected chi connectivity index (χ1v) is 4.46. The van der Waals surface area contributed by atoms with Gasteiger partial charge in [-0.05, 0) is 19.6 Å². The van der Waals surface area contributed by atoms with Gasteiger partial charge < -0.3 is 10.2 Å². The summed E-state index contributed by atoms with van der Waals surface area (Å²) in [6.07, 6.45) is 2.59. The molecular formula is C9H15N3. The van der Waals surface area contributed by atoms with Crippen molar-refractivity contribution in [2.45, 2.75) is 24.9 Å². The van der Waals surface area contributed by atoms with Gasteiger partial charge in [0.05, 0.1) is 0 Å². The molecule has 0 radical (unpaired) electrons. The molecule has 12 heavy (non-hydrogen) atoms. The van der Waals surface area contributed by atoms with Crippen molar-refractivity contribution in [1.82, 2.24) is 10.2 Å². The Hall–Kier alpha value is -0.830. The molecule has 0 aromatic carbocycles. The number of rotatable bonds is 2. The molecule has 2 heterocycles. The third-order valence-corrected chi connectivity index (χ3v) is 2.76. The average molecular weight is 165 g/mol. The Kier molecular flexibility index (Phi) is 1.89. The molecule has 0 aliphatic carbocycles. The second-order valence-electron chi connectivity index (χ2n) is 3.62. The number of nitrogens with zero attached hydrogens (tertiary/aromatic N) is 2. The van der Waals surface area contributed by atoms with E-state index in [0.717, 1.165) is 18.9 Å². The zero-order valence-electron chi connectivity index (χ0n) is 7.29. The quantitative estimate of drug-likeness (QED) is 0.607. The van der Waals surface area contributed by atoms with E-state index < -0.39 is 0 Å². The van der Waals surface area contributed by atoms with Crippen LogP contribution in [-0.2, 0) is 0 Å². The molecule has 3 heteroatoms. The number of aliphatic imine (C=N–C) groups is 1. The first-order chi connectivity index (χ1) is 5.79. The second kappa shape index (κ2) is 2.90. The van der Waals surface area contributed by atoms with E-state index >= 15 is 0 Å². The van der Waals surface area contributed by atoms with Gasteiger partial charge in [-0.2, -0.15) is 0 Å². The minimum absolute atomic E-state index is 0.655. The summed E-state index contributed by atoms with van der Waals surface area (Å²) < 4.78 is 0. The Balaban J connectivity index is 2.02. The third-order valence-electron chi connectivity index (χ3n) is 2.76. The molecule has 3 nitrogen and oxygen atoms in total. The van der Waals surface area contributed by atoms with E-state index in [4.69, 9.17) is 0 Å². The molecular weight excluding hydrogens is 150 g/mol. The van der Waals surface area contributed by atoms with E-state index in [1.165, 1.54) is 12.8 Å². The maximum absolute atomic E-state index is 3.86. The lowest BCUT2D eigenvalue weighted by atomic mass is 10.2. The van der Waals surface area contributed by atoms with Gasteiger partial charge in [-0.25, -0.2) is 4.99 Å². The fourth-order valence-electron chi connectivity index (χ4n) is 2.11. The van der Waals surface area contributed by atoms with Crippen LogP contribution in [0.25, 0.3) is 0 Å². The monoisotopic (exact) mass is 165 g/mol. The maximum atomic E-state index is 3.86. The Labute approximate surface area is 73.2 Å². The number of hydrogen-bond donors (Lipinski definition) is 1. The Morgan fingerprint density at radius 3 is 2.42 bits per heavy atom. The molecule has 0 amide bonds. The first kappa shape index (κ1) is 7.80. The van der Waals surface area contributed by atoms with E-state index in [1.807, 2.05) is 0 Å². The summed E-state index contributed by atoms with van der Waals surface area (Å²) in [4.78, 5) is 6.09. The molecule has 2 saturated heterocycles. The number of hydrogen-bond acceptors (Lipinski definition) is 3. The Bertz CT molecular complexity index is 200. The molecule has 66 valence electrons. The predicted octanol–water partition coefficient (Wildman–Crippen LogP) is 0.594. The lowest BCUT2D eigenvalue weighted by Crippen LogP contribution is -2.50. The maximum Gasteiger partial charge on any atom is 0.120 e. The van der Waals surface area contributed by atoms with Crippen LogP contribution in [0.4, 0.5) is 0 Å². The lowest BCUT2D eigenvalue weighted by molar-refractivity contribution is 0.242. The minimum atomic E-state index is 0.655. The molecule has 0 aromatic rings. The van der Waals surface area contributed by atoms with Gasteiger partial charge in [-0.15, -0.1) is 0 Å². The summed E-state index contributed by atoms with van der Waals surface area (Å²) in [5, 5.41) is 3.55. The standard InChI is InChI=1S/C9H15N3/c1-7(10-2)12-5-8-3-4-9(6-12)11-8/h8-9,11H,1-6H2. The summed E-state index contributed by atoms with van der Waals surface area (Å²) >= 11 is 0. The highest BCUT2D eigenvalue weighted by Crippen LogP contribution is 2.22. The van der Waals surface area contributed by atoms with Crippen molar-refractivity contribution in [3.05, 3.63) is 12.4 Å². The molecule has 2 rings (SSSR count). The first-order valence-electron chi connectivity index (χ1n) is 4.46. The average Bonchev–Trinajstić information content (AvgIpc) is 2.44. The summed E-state index contributed by atoms with van der Waals surface area (Å²) in [5.41, 5.74) is 0. The van der Waals surface area contributed by atoms with Crippen LogP contribution in [0.15, 0.2) is 17.4 Å². The van der Waals surface area contributed by atoms with Crippen molar-refractivity contribution in [3.8, 4) is 0 Å². The summed E-state index contributed by atoms with van der Waals surface area (Å²) in [6.45, 7) is 9.46. The molecule has 2 atom stereocenters. The molecule has 2 aliphatic rings. The fourth-order valence-corrected chi connectivity index (χ4v) is 2.11. The van der Waals surface area contributed by atoms with E-state index in [0.29, 0.717) is 12.1 Å². The molecule has 0 saturated carbocycles. The van der Waals surface area contributed by atoms with Gasteiger partial charge >= 0.3 is 0 Å². The van der Waals surface area contributed by atoms with Gasteiger partial charge in [0, 0.05) is 25.2 Å². The second-order valence-corrected chi connectivity index (χ2v) is 3.62. The van der Waals surface area contributed by atoms with Crippen molar-refractivity contribution >= 4 is 6.72 Å². The highest BCUT2D eigenvalue weighted by Gasteiger charge is 2.32. The Morgan fingerprint density at radius 1 is 1.33 bits per heavy atom. The van der Waals surface area contributed by atoms with Crippen molar-refractivity contribution in [1.29, 1.82) is 0 Å². The van der Waals surface area contributed by atoms with Gasteiger partial charge in [-0.1, -0.05) is 6.58 Å². The molecule has 0 spiro atoms. The number of nitrogens with one attached hydrogen (secondary N) is 1. The molecule has 2 unspecified atom stereocenters. The van der Waals surface area contributed by atoms with E-state index in [-0.39, 0.29) is 0 Å². The molecule has 1 N–H and O–H groups in total. The molecule has 2 bridgehead atoms. The minimum Gasteiger partial charge on any atom is -0.354 e.